The molecule has 0 spiro atoms. The zero-order valence-electron chi connectivity index (χ0n) is 8.82. The molecule has 0 amide bonds. The molecule has 0 bridgehead atoms. The van der Waals surface area contributed by atoms with Crippen molar-refractivity contribution in [2.45, 2.75) is 13.3 Å². The van der Waals surface area contributed by atoms with Crippen LogP contribution in [-0.2, 0) is 13.5 Å². The predicted molar refractivity (Wildman–Crippen MR) is 62.4 cm³/mol. The first-order chi connectivity index (χ1) is 7.16. The fourth-order valence-corrected chi connectivity index (χ4v) is 1.68. The summed E-state index contributed by atoms with van der Waals surface area (Å²) < 4.78 is 2.35. The number of benzene rings is 1. The molecule has 2 rings (SSSR count). The van der Waals surface area contributed by atoms with E-state index in [1.165, 1.54) is 11.1 Å². The molecule has 1 aromatic carbocycles. The van der Waals surface area contributed by atoms with E-state index in [9.17, 15) is 0 Å². The molecule has 78 valence electrons. The third-order valence-corrected chi connectivity index (χ3v) is 2.80. The summed E-state index contributed by atoms with van der Waals surface area (Å²) in [6.45, 7) is 2.10. The van der Waals surface area contributed by atoms with Crippen LogP contribution in [0.2, 0.25) is 0 Å². The molecule has 0 aliphatic heterocycles. The molecule has 15 heavy (non-hydrogen) atoms. The van der Waals surface area contributed by atoms with Gasteiger partial charge in [-0.2, -0.15) is 0 Å². The molecule has 0 fully saturated rings. The zero-order valence-corrected chi connectivity index (χ0v) is 9.64. The topological polar surface area (TPSA) is 33.6 Å². The van der Waals surface area contributed by atoms with Gasteiger partial charge < -0.3 is 0 Å². The van der Waals surface area contributed by atoms with Crippen LogP contribution in [-0.4, -0.2) is 14.8 Å². The molecule has 0 unspecified atom stereocenters. The molecular weight excluding hydrogens is 206 g/mol. The Bertz CT molecular complexity index is 525. The molecular formula is C11H13N3S. The summed E-state index contributed by atoms with van der Waals surface area (Å²) in [4.78, 5) is 4.27. The molecule has 0 saturated carbocycles. The number of nitrogens with one attached hydrogen (secondary N) is 1. The van der Waals surface area contributed by atoms with Crippen LogP contribution in [0.4, 0.5) is 0 Å². The highest BCUT2D eigenvalue weighted by Gasteiger charge is 2.02. The minimum absolute atomic E-state index is 0.596. The molecule has 0 saturated heterocycles. The Balaban J connectivity index is 2.30. The van der Waals surface area contributed by atoms with Gasteiger partial charge in [0.25, 0.3) is 0 Å². The molecule has 2 aromatic rings. The maximum atomic E-state index is 5.04. The monoisotopic (exact) mass is 219 g/mol. The minimum Gasteiger partial charge on any atom is -0.283 e. The maximum absolute atomic E-state index is 5.04. The summed E-state index contributed by atoms with van der Waals surface area (Å²) >= 11 is 5.04. The highest BCUT2D eigenvalue weighted by Crippen LogP contribution is 2.10. The van der Waals surface area contributed by atoms with Gasteiger partial charge >= 0.3 is 0 Å². The number of aromatic nitrogens is 3. The summed E-state index contributed by atoms with van der Waals surface area (Å²) in [5.41, 5.74) is 2.56. The third kappa shape index (κ3) is 2.15. The SMILES string of the molecule is Cc1ccccc1Cc1nc(=S)n(C)[nH]1. The summed E-state index contributed by atoms with van der Waals surface area (Å²) in [5.74, 6) is 0.914. The Hall–Kier alpha value is -1.42. The van der Waals surface area contributed by atoms with Crippen molar-refractivity contribution in [2.24, 2.45) is 7.05 Å². The Morgan fingerprint density at radius 1 is 1.40 bits per heavy atom. The Morgan fingerprint density at radius 3 is 2.73 bits per heavy atom. The van der Waals surface area contributed by atoms with Gasteiger partial charge in [-0.05, 0) is 30.3 Å². The van der Waals surface area contributed by atoms with Crippen molar-refractivity contribution in [1.29, 1.82) is 0 Å². The van der Waals surface area contributed by atoms with Crippen molar-refractivity contribution < 1.29 is 0 Å². The van der Waals surface area contributed by atoms with Gasteiger partial charge in [0.1, 0.15) is 5.82 Å². The van der Waals surface area contributed by atoms with Crippen molar-refractivity contribution in [2.75, 3.05) is 0 Å². The Labute approximate surface area is 93.8 Å². The number of hydrogen-bond donors (Lipinski definition) is 1. The van der Waals surface area contributed by atoms with E-state index in [0.717, 1.165) is 12.2 Å². The number of H-pyrrole nitrogens is 1. The highest BCUT2D eigenvalue weighted by atomic mass is 32.1. The van der Waals surface area contributed by atoms with Crippen LogP contribution in [0.15, 0.2) is 24.3 Å². The predicted octanol–water partition coefficient (Wildman–Crippen LogP) is 2.38. The first-order valence-electron chi connectivity index (χ1n) is 4.83. The average molecular weight is 219 g/mol. The molecule has 1 heterocycles. The van der Waals surface area contributed by atoms with Crippen LogP contribution in [0.1, 0.15) is 17.0 Å². The van der Waals surface area contributed by atoms with Crippen molar-refractivity contribution >= 4 is 12.2 Å². The smallest absolute Gasteiger partial charge is 0.215 e. The van der Waals surface area contributed by atoms with E-state index < -0.39 is 0 Å². The normalized spacial score (nSPS) is 10.5. The van der Waals surface area contributed by atoms with Gasteiger partial charge in [-0.25, -0.2) is 4.98 Å². The van der Waals surface area contributed by atoms with Gasteiger partial charge in [0.05, 0.1) is 0 Å². The number of hydrogen-bond acceptors (Lipinski definition) is 2. The average Bonchev–Trinajstić information content (AvgIpc) is 2.50. The second kappa shape index (κ2) is 3.98. The van der Waals surface area contributed by atoms with E-state index in [4.69, 9.17) is 12.2 Å². The van der Waals surface area contributed by atoms with Crippen LogP contribution >= 0.6 is 12.2 Å². The van der Waals surface area contributed by atoms with Gasteiger partial charge in [-0.15, -0.1) is 0 Å². The molecule has 0 atom stereocenters. The van der Waals surface area contributed by atoms with Crippen LogP contribution in [0.3, 0.4) is 0 Å². The standard InChI is InChI=1S/C11H13N3S/c1-8-5-3-4-6-9(8)7-10-12-11(15)14(2)13-10/h3-6H,7H2,1-2H3,(H,12,13,15). The number of nitrogens with zero attached hydrogens (tertiary/aromatic N) is 2. The first kappa shape index (κ1) is 10.1. The summed E-state index contributed by atoms with van der Waals surface area (Å²) in [5, 5.41) is 3.12. The minimum atomic E-state index is 0.596. The van der Waals surface area contributed by atoms with E-state index >= 15 is 0 Å². The van der Waals surface area contributed by atoms with E-state index in [1.807, 2.05) is 19.2 Å². The Kier molecular flexibility index (Phi) is 2.68. The molecule has 0 aliphatic rings. The summed E-state index contributed by atoms with van der Waals surface area (Å²) in [6, 6.07) is 8.30. The molecule has 1 N–H and O–H groups in total. The highest BCUT2D eigenvalue weighted by molar-refractivity contribution is 7.71. The number of aromatic amines is 1. The molecule has 0 radical (unpaired) electrons. The quantitative estimate of drug-likeness (QED) is 0.787. The zero-order chi connectivity index (χ0) is 10.8. The summed E-state index contributed by atoms with van der Waals surface area (Å²) in [6.07, 6.45) is 0.803. The van der Waals surface area contributed by atoms with Gasteiger partial charge in [0, 0.05) is 13.5 Å². The first-order valence-corrected chi connectivity index (χ1v) is 5.24. The van der Waals surface area contributed by atoms with Gasteiger partial charge in [0.15, 0.2) is 0 Å². The van der Waals surface area contributed by atoms with Gasteiger partial charge in [-0.1, -0.05) is 24.3 Å². The molecule has 1 aromatic heterocycles. The summed E-state index contributed by atoms with van der Waals surface area (Å²) in [7, 11) is 1.87. The van der Waals surface area contributed by atoms with Crippen molar-refractivity contribution in [3.05, 3.63) is 46.0 Å². The lowest BCUT2D eigenvalue weighted by Gasteiger charge is -2.02. The van der Waals surface area contributed by atoms with E-state index in [-0.39, 0.29) is 0 Å². The van der Waals surface area contributed by atoms with Crippen LogP contribution in [0, 0.1) is 11.7 Å². The third-order valence-electron chi connectivity index (χ3n) is 2.43. The number of rotatable bonds is 2. The van der Waals surface area contributed by atoms with E-state index in [1.54, 1.807) is 4.68 Å². The molecule has 3 nitrogen and oxygen atoms in total. The van der Waals surface area contributed by atoms with E-state index in [2.05, 4.69) is 29.1 Å². The molecule has 0 aliphatic carbocycles. The largest absolute Gasteiger partial charge is 0.283 e. The van der Waals surface area contributed by atoms with Gasteiger partial charge in [-0.3, -0.25) is 9.78 Å². The molecule has 4 heteroatoms. The van der Waals surface area contributed by atoms with Crippen LogP contribution in [0.5, 0.6) is 0 Å². The fourth-order valence-electron chi connectivity index (χ4n) is 1.52. The van der Waals surface area contributed by atoms with Crippen LogP contribution in [0.25, 0.3) is 0 Å². The van der Waals surface area contributed by atoms with Crippen molar-refractivity contribution in [1.82, 2.24) is 14.8 Å². The van der Waals surface area contributed by atoms with Crippen molar-refractivity contribution in [3.63, 3.8) is 0 Å². The van der Waals surface area contributed by atoms with Crippen molar-refractivity contribution in [3.8, 4) is 0 Å². The van der Waals surface area contributed by atoms with E-state index in [0.29, 0.717) is 4.77 Å². The maximum Gasteiger partial charge on any atom is 0.215 e. The Morgan fingerprint density at radius 2 is 2.13 bits per heavy atom. The number of aryl methyl sites for hydroxylation is 2. The fraction of sp³-hybridized carbons (Fsp3) is 0.273. The second-order valence-corrected chi connectivity index (χ2v) is 3.98. The second-order valence-electron chi connectivity index (χ2n) is 3.62. The lowest BCUT2D eigenvalue weighted by Crippen LogP contribution is -1.95. The van der Waals surface area contributed by atoms with Gasteiger partial charge in [0.2, 0.25) is 4.77 Å². The lowest BCUT2D eigenvalue weighted by atomic mass is 10.1. The lowest BCUT2D eigenvalue weighted by molar-refractivity contribution is 0.739. The van der Waals surface area contributed by atoms with Crippen LogP contribution < -0.4 is 0 Å².